The van der Waals surface area contributed by atoms with Crippen molar-refractivity contribution in [1.82, 2.24) is 0 Å². The lowest BCUT2D eigenvalue weighted by Gasteiger charge is -2.28. The molecule has 0 atom stereocenters. The maximum atomic E-state index is 7.66. The van der Waals surface area contributed by atoms with E-state index in [9.17, 15) is 0 Å². The lowest BCUT2D eigenvalue weighted by atomic mass is 10.1. The van der Waals surface area contributed by atoms with Crippen molar-refractivity contribution in [1.29, 1.82) is 5.41 Å². The molecule has 3 heteroatoms. The third-order valence-corrected chi connectivity index (χ3v) is 3.05. The van der Waals surface area contributed by atoms with Gasteiger partial charge in [-0.1, -0.05) is 26.0 Å². The zero-order valence-corrected chi connectivity index (χ0v) is 10.6. The van der Waals surface area contributed by atoms with E-state index in [1.54, 1.807) is 0 Å². The zero-order valence-electron chi connectivity index (χ0n) is 10.6. The van der Waals surface area contributed by atoms with Crippen molar-refractivity contribution in [2.24, 2.45) is 11.7 Å². The number of rotatable bonds is 5. The fourth-order valence-electron chi connectivity index (χ4n) is 2.18. The highest BCUT2D eigenvalue weighted by Crippen LogP contribution is 2.34. The van der Waals surface area contributed by atoms with Gasteiger partial charge in [0.2, 0.25) is 0 Å². The second kappa shape index (κ2) is 4.78. The average Bonchev–Trinajstić information content (AvgIpc) is 3.09. The summed E-state index contributed by atoms with van der Waals surface area (Å²) >= 11 is 0. The van der Waals surface area contributed by atoms with Crippen LogP contribution in [0.25, 0.3) is 0 Å². The average molecular weight is 231 g/mol. The van der Waals surface area contributed by atoms with Gasteiger partial charge in [0.25, 0.3) is 0 Å². The number of nitrogen functional groups attached to an aromatic ring is 1. The van der Waals surface area contributed by atoms with Crippen LogP contribution in [0, 0.1) is 11.3 Å². The number of amidine groups is 1. The first-order valence-corrected chi connectivity index (χ1v) is 6.29. The second-order valence-electron chi connectivity index (χ2n) is 5.21. The van der Waals surface area contributed by atoms with Gasteiger partial charge in [-0.15, -0.1) is 0 Å². The molecule has 3 nitrogen and oxygen atoms in total. The Morgan fingerprint density at radius 3 is 2.59 bits per heavy atom. The Morgan fingerprint density at radius 2 is 2.06 bits per heavy atom. The predicted octanol–water partition coefficient (Wildman–Crippen LogP) is 2.60. The first-order valence-electron chi connectivity index (χ1n) is 6.29. The third kappa shape index (κ3) is 2.78. The molecule has 17 heavy (non-hydrogen) atoms. The molecule has 1 aromatic carbocycles. The summed E-state index contributed by atoms with van der Waals surface area (Å²) in [6.07, 6.45) is 2.53. The van der Waals surface area contributed by atoms with E-state index in [1.165, 1.54) is 12.8 Å². The summed E-state index contributed by atoms with van der Waals surface area (Å²) in [7, 11) is 0. The molecule has 1 aliphatic rings. The summed E-state index contributed by atoms with van der Waals surface area (Å²) in [5, 5.41) is 7.66. The lowest BCUT2D eigenvalue weighted by Crippen LogP contribution is -2.32. The molecular weight excluding hydrogens is 210 g/mol. The highest BCUT2D eigenvalue weighted by Gasteiger charge is 2.30. The quantitative estimate of drug-likeness (QED) is 0.604. The van der Waals surface area contributed by atoms with Gasteiger partial charge in [-0.05, 0) is 30.9 Å². The molecule has 0 aromatic heterocycles. The van der Waals surface area contributed by atoms with Crippen LogP contribution in [0.2, 0.25) is 0 Å². The number of para-hydroxylation sites is 1. The van der Waals surface area contributed by atoms with Gasteiger partial charge in [0.1, 0.15) is 5.84 Å². The van der Waals surface area contributed by atoms with E-state index in [4.69, 9.17) is 11.1 Å². The van der Waals surface area contributed by atoms with Crippen LogP contribution in [0.3, 0.4) is 0 Å². The molecule has 1 aromatic rings. The first-order chi connectivity index (χ1) is 8.09. The van der Waals surface area contributed by atoms with Gasteiger partial charge >= 0.3 is 0 Å². The molecule has 1 fully saturated rings. The van der Waals surface area contributed by atoms with Crippen LogP contribution in [-0.2, 0) is 0 Å². The minimum Gasteiger partial charge on any atom is -0.384 e. The summed E-state index contributed by atoms with van der Waals surface area (Å²) in [5.74, 6) is 0.783. The highest BCUT2D eigenvalue weighted by molar-refractivity contribution is 6.00. The molecule has 2 rings (SSSR count). The van der Waals surface area contributed by atoms with Gasteiger partial charge in [-0.3, -0.25) is 5.41 Å². The van der Waals surface area contributed by atoms with Crippen molar-refractivity contribution in [2.75, 3.05) is 11.4 Å². The van der Waals surface area contributed by atoms with Crippen LogP contribution in [0.1, 0.15) is 32.3 Å². The molecule has 1 aliphatic carbocycles. The van der Waals surface area contributed by atoms with E-state index >= 15 is 0 Å². The van der Waals surface area contributed by atoms with E-state index in [2.05, 4.69) is 24.8 Å². The topological polar surface area (TPSA) is 53.1 Å². The molecule has 92 valence electrons. The fraction of sp³-hybridized carbons (Fsp3) is 0.500. The Labute approximate surface area is 103 Å². The molecule has 0 unspecified atom stereocenters. The standard InChI is InChI=1S/C14H21N3/c1-10(2)9-17(11-7-8-11)13-6-4-3-5-12(13)14(15)16/h3-6,10-11H,7-9H2,1-2H3,(H3,15,16). The van der Waals surface area contributed by atoms with Gasteiger partial charge in [0, 0.05) is 23.8 Å². The summed E-state index contributed by atoms with van der Waals surface area (Å²) in [4.78, 5) is 2.42. The van der Waals surface area contributed by atoms with Crippen LogP contribution >= 0.6 is 0 Å². The van der Waals surface area contributed by atoms with Crippen molar-refractivity contribution in [3.05, 3.63) is 29.8 Å². The van der Waals surface area contributed by atoms with Crippen molar-refractivity contribution in [3.63, 3.8) is 0 Å². The monoisotopic (exact) mass is 231 g/mol. The number of nitrogens with two attached hydrogens (primary N) is 1. The van der Waals surface area contributed by atoms with Crippen molar-refractivity contribution < 1.29 is 0 Å². The Balaban J connectivity index is 2.31. The summed E-state index contributed by atoms with van der Waals surface area (Å²) in [6.45, 7) is 5.49. The number of benzene rings is 1. The molecule has 1 saturated carbocycles. The van der Waals surface area contributed by atoms with Crippen molar-refractivity contribution in [3.8, 4) is 0 Å². The van der Waals surface area contributed by atoms with E-state index in [-0.39, 0.29) is 5.84 Å². The number of nitrogens with zero attached hydrogens (tertiary/aromatic N) is 1. The fourth-order valence-corrected chi connectivity index (χ4v) is 2.18. The van der Waals surface area contributed by atoms with Gasteiger partial charge in [-0.2, -0.15) is 0 Å². The highest BCUT2D eigenvalue weighted by atomic mass is 15.2. The van der Waals surface area contributed by atoms with E-state index in [0.29, 0.717) is 12.0 Å². The van der Waals surface area contributed by atoms with E-state index < -0.39 is 0 Å². The molecule has 0 aliphatic heterocycles. The third-order valence-electron chi connectivity index (χ3n) is 3.05. The Hall–Kier alpha value is -1.51. The zero-order chi connectivity index (χ0) is 12.4. The van der Waals surface area contributed by atoms with Crippen molar-refractivity contribution in [2.45, 2.75) is 32.7 Å². The van der Waals surface area contributed by atoms with Crippen LogP contribution in [0.15, 0.2) is 24.3 Å². The normalized spacial score (nSPS) is 15.0. The molecule has 0 heterocycles. The van der Waals surface area contributed by atoms with Crippen LogP contribution < -0.4 is 10.6 Å². The number of nitrogens with one attached hydrogen (secondary N) is 1. The SMILES string of the molecule is CC(C)CN(c1ccccc1C(=N)N)C1CC1. The number of hydrogen-bond acceptors (Lipinski definition) is 2. The van der Waals surface area contributed by atoms with Crippen LogP contribution in [0.4, 0.5) is 5.69 Å². The maximum absolute atomic E-state index is 7.66. The molecule has 0 amide bonds. The summed E-state index contributed by atoms with van der Waals surface area (Å²) < 4.78 is 0. The summed E-state index contributed by atoms with van der Waals surface area (Å²) in [5.41, 5.74) is 7.64. The van der Waals surface area contributed by atoms with Crippen LogP contribution in [0.5, 0.6) is 0 Å². The van der Waals surface area contributed by atoms with Crippen LogP contribution in [-0.4, -0.2) is 18.4 Å². The Morgan fingerprint density at radius 1 is 1.41 bits per heavy atom. The minimum atomic E-state index is 0.162. The number of anilines is 1. The van der Waals surface area contributed by atoms with Gasteiger partial charge < -0.3 is 10.6 Å². The molecule has 3 N–H and O–H groups in total. The largest absolute Gasteiger partial charge is 0.384 e. The molecule has 0 saturated heterocycles. The van der Waals surface area contributed by atoms with E-state index in [1.807, 2.05) is 18.2 Å². The van der Waals surface area contributed by atoms with Crippen molar-refractivity contribution >= 4 is 11.5 Å². The Kier molecular flexibility index (Phi) is 3.36. The molecular formula is C14H21N3. The predicted molar refractivity (Wildman–Crippen MR) is 72.7 cm³/mol. The minimum absolute atomic E-state index is 0.162. The van der Waals surface area contributed by atoms with E-state index in [0.717, 1.165) is 17.8 Å². The molecule has 0 spiro atoms. The molecule has 0 radical (unpaired) electrons. The van der Waals surface area contributed by atoms with Gasteiger partial charge in [0.05, 0.1) is 0 Å². The van der Waals surface area contributed by atoms with Gasteiger partial charge in [0.15, 0.2) is 0 Å². The lowest BCUT2D eigenvalue weighted by molar-refractivity contribution is 0.607. The summed E-state index contributed by atoms with van der Waals surface area (Å²) in [6, 6.07) is 8.64. The second-order valence-corrected chi connectivity index (χ2v) is 5.21. The number of hydrogen-bond donors (Lipinski definition) is 2. The maximum Gasteiger partial charge on any atom is 0.124 e. The van der Waals surface area contributed by atoms with Gasteiger partial charge in [-0.25, -0.2) is 0 Å². The Bertz CT molecular complexity index is 408. The smallest absolute Gasteiger partial charge is 0.124 e. The molecule has 0 bridgehead atoms. The first kappa shape index (κ1) is 12.0.